The van der Waals surface area contributed by atoms with E-state index in [1.807, 2.05) is 13.0 Å². The molecule has 2 rings (SSSR count). The van der Waals surface area contributed by atoms with Gasteiger partial charge in [0.05, 0.1) is 10.7 Å². The van der Waals surface area contributed by atoms with Gasteiger partial charge in [0.15, 0.2) is 0 Å². The molecule has 0 radical (unpaired) electrons. The number of allylic oxidation sites excluding steroid dienone is 1. The van der Waals surface area contributed by atoms with Crippen molar-refractivity contribution in [3.8, 4) is 0 Å². The highest BCUT2D eigenvalue weighted by Crippen LogP contribution is 2.31. The van der Waals surface area contributed by atoms with E-state index in [0.29, 0.717) is 22.2 Å². The summed E-state index contributed by atoms with van der Waals surface area (Å²) in [6.07, 6.45) is 5.29. The van der Waals surface area contributed by atoms with Crippen LogP contribution in [0.1, 0.15) is 32.6 Å². The minimum Gasteiger partial charge on any atom is -0.282 e. The van der Waals surface area contributed by atoms with Crippen LogP contribution in [0.5, 0.6) is 0 Å². The second kappa shape index (κ2) is 6.37. The Balaban J connectivity index is 2.27. The van der Waals surface area contributed by atoms with E-state index < -0.39 is 15.3 Å². The van der Waals surface area contributed by atoms with E-state index >= 15 is 0 Å². The third-order valence-electron chi connectivity index (χ3n) is 3.46. The topological polar surface area (TPSA) is 46.2 Å². The molecule has 0 bridgehead atoms. The van der Waals surface area contributed by atoms with Crippen LogP contribution < -0.4 is 4.72 Å². The van der Waals surface area contributed by atoms with Crippen LogP contribution in [0, 0.1) is 0 Å². The molecule has 6 heteroatoms. The number of sulfonamides is 1. The average Bonchev–Trinajstić information content (AvgIpc) is 2.42. The number of rotatable bonds is 4. The Kier molecular flexibility index (Phi) is 4.99. The predicted molar refractivity (Wildman–Crippen MR) is 85.0 cm³/mol. The summed E-state index contributed by atoms with van der Waals surface area (Å²) in [5, 5.41) is 0.316. The van der Waals surface area contributed by atoms with Crippen molar-refractivity contribution in [1.82, 2.24) is 0 Å². The first-order valence-electron chi connectivity index (χ1n) is 6.59. The van der Waals surface area contributed by atoms with E-state index in [0.717, 1.165) is 24.8 Å². The van der Waals surface area contributed by atoms with E-state index in [1.54, 1.807) is 12.1 Å². The van der Waals surface area contributed by atoms with Crippen LogP contribution in [0.15, 0.2) is 29.8 Å². The van der Waals surface area contributed by atoms with Crippen molar-refractivity contribution < 1.29 is 8.42 Å². The highest BCUT2D eigenvalue weighted by atomic mass is 35.5. The zero-order chi connectivity index (χ0) is 14.8. The van der Waals surface area contributed by atoms with Crippen LogP contribution in [0.25, 0.3) is 0 Å². The molecule has 110 valence electrons. The van der Waals surface area contributed by atoms with Crippen molar-refractivity contribution in [2.24, 2.45) is 0 Å². The summed E-state index contributed by atoms with van der Waals surface area (Å²) in [5.41, 5.74) is 1.35. The molecule has 3 nitrogen and oxygen atoms in total. The van der Waals surface area contributed by atoms with Gasteiger partial charge >= 0.3 is 0 Å². The molecule has 0 aliphatic heterocycles. The van der Waals surface area contributed by atoms with E-state index in [1.165, 1.54) is 6.07 Å². The van der Waals surface area contributed by atoms with Gasteiger partial charge in [0, 0.05) is 5.02 Å². The molecule has 1 N–H and O–H groups in total. The molecule has 1 unspecified atom stereocenters. The maximum atomic E-state index is 12.5. The molecule has 20 heavy (non-hydrogen) atoms. The number of benzene rings is 1. The standard InChI is InChI=1S/C14H17Cl2NO2S/c1-2-10-5-3-4-6-14(10)20(18,19)17-13-8-7-11(15)9-12(13)16/h5,7-9,14,17H,2-4,6H2,1H3. The highest BCUT2D eigenvalue weighted by Gasteiger charge is 2.30. The zero-order valence-corrected chi connectivity index (χ0v) is 13.5. The number of hydrogen-bond donors (Lipinski definition) is 1. The monoisotopic (exact) mass is 333 g/mol. The van der Waals surface area contributed by atoms with Crippen molar-refractivity contribution in [3.05, 3.63) is 39.9 Å². The predicted octanol–water partition coefficient (Wildman–Crippen LogP) is 4.62. The molecule has 1 aromatic rings. The third-order valence-corrected chi connectivity index (χ3v) is 5.80. The lowest BCUT2D eigenvalue weighted by Crippen LogP contribution is -2.31. The lowest BCUT2D eigenvalue weighted by atomic mass is 9.97. The van der Waals surface area contributed by atoms with Crippen LogP contribution in [-0.4, -0.2) is 13.7 Å². The summed E-state index contributed by atoms with van der Waals surface area (Å²) < 4.78 is 27.6. The van der Waals surface area contributed by atoms with Crippen LogP contribution in [0.4, 0.5) is 5.69 Å². The largest absolute Gasteiger partial charge is 0.282 e. The van der Waals surface area contributed by atoms with Crippen molar-refractivity contribution in [1.29, 1.82) is 0 Å². The van der Waals surface area contributed by atoms with Gasteiger partial charge in [-0.15, -0.1) is 0 Å². The molecule has 0 spiro atoms. The molecule has 1 aliphatic carbocycles. The number of anilines is 1. The molecule has 0 fully saturated rings. The van der Waals surface area contributed by atoms with Crippen LogP contribution in [0.2, 0.25) is 10.0 Å². The molecule has 0 saturated heterocycles. The van der Waals surface area contributed by atoms with E-state index in [2.05, 4.69) is 4.72 Å². The van der Waals surface area contributed by atoms with Crippen molar-refractivity contribution >= 4 is 38.9 Å². The molecule has 1 aliphatic rings. The number of halogens is 2. The fourth-order valence-corrected chi connectivity index (χ4v) is 4.71. The first-order valence-corrected chi connectivity index (χ1v) is 8.90. The van der Waals surface area contributed by atoms with Gasteiger partial charge in [-0.2, -0.15) is 0 Å². The third kappa shape index (κ3) is 3.48. The summed E-state index contributed by atoms with van der Waals surface area (Å²) in [4.78, 5) is 0. The summed E-state index contributed by atoms with van der Waals surface area (Å²) in [6.45, 7) is 1.98. The van der Waals surface area contributed by atoms with Gasteiger partial charge in [-0.1, -0.05) is 41.8 Å². The average molecular weight is 334 g/mol. The van der Waals surface area contributed by atoms with Crippen molar-refractivity contribution in [2.45, 2.75) is 37.9 Å². The van der Waals surface area contributed by atoms with Gasteiger partial charge in [0.2, 0.25) is 10.0 Å². The molecule has 0 aromatic heterocycles. The smallest absolute Gasteiger partial charge is 0.239 e. The Bertz CT molecular complexity index is 626. The summed E-state index contributed by atoms with van der Waals surface area (Å²) in [5.74, 6) is 0. The number of hydrogen-bond acceptors (Lipinski definition) is 2. The summed E-state index contributed by atoms with van der Waals surface area (Å²) >= 11 is 11.8. The van der Waals surface area contributed by atoms with Gasteiger partial charge < -0.3 is 0 Å². The minimum atomic E-state index is -3.48. The normalized spacial score (nSPS) is 19.6. The molecule has 1 aromatic carbocycles. The molecule has 0 saturated carbocycles. The summed E-state index contributed by atoms with van der Waals surface area (Å²) in [6, 6.07) is 4.72. The first kappa shape index (κ1) is 15.7. The Morgan fingerprint density at radius 1 is 1.35 bits per heavy atom. The molecule has 0 heterocycles. The van der Waals surface area contributed by atoms with Gasteiger partial charge in [-0.05, 0) is 43.9 Å². The lowest BCUT2D eigenvalue weighted by molar-refractivity contribution is 0.574. The first-order chi connectivity index (χ1) is 9.44. The van der Waals surface area contributed by atoms with Crippen LogP contribution in [0.3, 0.4) is 0 Å². The Morgan fingerprint density at radius 2 is 2.10 bits per heavy atom. The lowest BCUT2D eigenvalue weighted by Gasteiger charge is -2.24. The highest BCUT2D eigenvalue weighted by molar-refractivity contribution is 7.93. The second-order valence-corrected chi connectivity index (χ2v) is 7.53. The Morgan fingerprint density at radius 3 is 2.75 bits per heavy atom. The van der Waals surface area contributed by atoms with Crippen LogP contribution >= 0.6 is 23.2 Å². The maximum Gasteiger partial charge on any atom is 0.239 e. The van der Waals surface area contributed by atoms with Crippen LogP contribution in [-0.2, 0) is 10.0 Å². The van der Waals surface area contributed by atoms with Gasteiger partial charge in [0.1, 0.15) is 5.25 Å². The fourth-order valence-electron chi connectivity index (χ4n) is 2.43. The van der Waals surface area contributed by atoms with E-state index in [4.69, 9.17) is 23.2 Å². The van der Waals surface area contributed by atoms with Crippen molar-refractivity contribution in [3.63, 3.8) is 0 Å². The molecular weight excluding hydrogens is 317 g/mol. The van der Waals surface area contributed by atoms with E-state index in [-0.39, 0.29) is 0 Å². The zero-order valence-electron chi connectivity index (χ0n) is 11.2. The second-order valence-electron chi connectivity index (χ2n) is 4.82. The van der Waals surface area contributed by atoms with Gasteiger partial charge in [0.25, 0.3) is 0 Å². The van der Waals surface area contributed by atoms with E-state index in [9.17, 15) is 8.42 Å². The SMILES string of the molecule is CCC1=CCCCC1S(=O)(=O)Nc1ccc(Cl)cc1Cl. The fraction of sp³-hybridized carbons (Fsp3) is 0.429. The Hall–Kier alpha value is -0.710. The van der Waals surface area contributed by atoms with Crippen molar-refractivity contribution in [2.75, 3.05) is 4.72 Å². The molecular formula is C14H17Cl2NO2S. The molecule has 0 amide bonds. The van der Waals surface area contributed by atoms with Gasteiger partial charge in [-0.3, -0.25) is 4.72 Å². The Labute approximate surface area is 130 Å². The maximum absolute atomic E-state index is 12.5. The van der Waals surface area contributed by atoms with Gasteiger partial charge in [-0.25, -0.2) is 8.42 Å². The quantitative estimate of drug-likeness (QED) is 0.817. The number of nitrogens with one attached hydrogen (secondary N) is 1. The summed E-state index contributed by atoms with van der Waals surface area (Å²) in [7, 11) is -3.48. The molecule has 1 atom stereocenters. The minimum absolute atomic E-state index is 0.305.